The van der Waals surface area contributed by atoms with Crippen LogP contribution in [0.2, 0.25) is 0 Å². The summed E-state index contributed by atoms with van der Waals surface area (Å²) in [6, 6.07) is 21.4. The van der Waals surface area contributed by atoms with Gasteiger partial charge in [0.1, 0.15) is 5.76 Å². The number of aliphatic imine (C=N–C) groups is 1. The number of hydrogen-bond donors (Lipinski definition) is 0. The molecule has 1 unspecified atom stereocenters. The molecule has 0 aliphatic heterocycles. The van der Waals surface area contributed by atoms with Crippen molar-refractivity contribution in [2.75, 3.05) is 7.11 Å². The maximum absolute atomic E-state index is 12.7. The Kier molecular flexibility index (Phi) is 5.50. The zero-order valence-corrected chi connectivity index (χ0v) is 15.7. The number of aromatic nitrogens is 1. The highest BCUT2D eigenvalue weighted by Gasteiger charge is 2.36. The third kappa shape index (κ3) is 4.31. The van der Waals surface area contributed by atoms with E-state index in [-0.39, 0.29) is 6.42 Å². The number of ether oxygens (including phenoxy) is 1. The molecule has 0 spiro atoms. The van der Waals surface area contributed by atoms with Gasteiger partial charge in [0.2, 0.25) is 0 Å². The van der Waals surface area contributed by atoms with Crippen LogP contribution in [0.5, 0.6) is 0 Å². The molecule has 0 radical (unpaired) electrons. The molecule has 27 heavy (non-hydrogen) atoms. The van der Waals surface area contributed by atoms with Crippen molar-refractivity contribution in [3.05, 3.63) is 89.3 Å². The zero-order valence-electron chi connectivity index (χ0n) is 15.7. The molecule has 0 saturated carbocycles. The molecule has 0 aliphatic rings. The standard InChI is InChI=1S/C22H22N2O3/c1-16-14-19(24-27-16)15-22(2,21(25)26-3)23-20(17-10-6-4-7-11-17)18-12-8-5-9-13-18/h4-14H,15H2,1-3H3. The van der Waals surface area contributed by atoms with Gasteiger partial charge >= 0.3 is 5.97 Å². The van der Waals surface area contributed by atoms with E-state index < -0.39 is 11.5 Å². The first-order valence-electron chi connectivity index (χ1n) is 8.73. The average molecular weight is 362 g/mol. The van der Waals surface area contributed by atoms with Crippen molar-refractivity contribution < 1.29 is 14.1 Å². The third-order valence-electron chi connectivity index (χ3n) is 4.28. The number of benzene rings is 2. The molecule has 0 fully saturated rings. The van der Waals surface area contributed by atoms with E-state index in [1.165, 1.54) is 7.11 Å². The summed E-state index contributed by atoms with van der Waals surface area (Å²) in [5, 5.41) is 4.02. The van der Waals surface area contributed by atoms with Gasteiger partial charge in [-0.05, 0) is 13.8 Å². The van der Waals surface area contributed by atoms with Crippen LogP contribution in [-0.4, -0.2) is 29.5 Å². The lowest BCUT2D eigenvalue weighted by atomic mass is 9.94. The molecule has 1 atom stereocenters. The molecule has 0 aliphatic carbocycles. The predicted molar refractivity (Wildman–Crippen MR) is 104 cm³/mol. The lowest BCUT2D eigenvalue weighted by Gasteiger charge is -2.23. The molecule has 1 aromatic heterocycles. The van der Waals surface area contributed by atoms with Gasteiger partial charge in [-0.1, -0.05) is 65.8 Å². The quantitative estimate of drug-likeness (QED) is 0.491. The fourth-order valence-corrected chi connectivity index (χ4v) is 2.97. The highest BCUT2D eigenvalue weighted by atomic mass is 16.5. The number of rotatable bonds is 6. The van der Waals surface area contributed by atoms with Crippen molar-refractivity contribution in [3.8, 4) is 0 Å². The Hall–Kier alpha value is -3.21. The molecule has 0 saturated heterocycles. The number of carbonyl (C=O) groups excluding carboxylic acids is 1. The summed E-state index contributed by atoms with van der Waals surface area (Å²) in [5.41, 5.74) is 2.10. The molecular formula is C22H22N2O3. The lowest BCUT2D eigenvalue weighted by Crippen LogP contribution is -2.38. The number of carbonyl (C=O) groups is 1. The smallest absolute Gasteiger partial charge is 0.333 e. The van der Waals surface area contributed by atoms with Crippen molar-refractivity contribution in [1.29, 1.82) is 0 Å². The maximum atomic E-state index is 12.7. The minimum atomic E-state index is -1.14. The summed E-state index contributed by atoms with van der Waals surface area (Å²) in [6.45, 7) is 3.57. The van der Waals surface area contributed by atoms with E-state index in [0.29, 0.717) is 11.5 Å². The second-order valence-corrected chi connectivity index (χ2v) is 6.56. The van der Waals surface area contributed by atoms with Crippen LogP contribution in [0.25, 0.3) is 0 Å². The first-order chi connectivity index (χ1) is 13.0. The molecule has 5 heteroatoms. The highest BCUT2D eigenvalue weighted by Crippen LogP contribution is 2.23. The molecule has 3 rings (SSSR count). The van der Waals surface area contributed by atoms with Crippen molar-refractivity contribution in [2.24, 2.45) is 4.99 Å². The molecular weight excluding hydrogens is 340 g/mol. The molecule has 138 valence electrons. The van der Waals surface area contributed by atoms with Gasteiger partial charge in [0.25, 0.3) is 0 Å². The average Bonchev–Trinajstić information content (AvgIpc) is 3.11. The molecule has 3 aromatic rings. The summed E-state index contributed by atoms with van der Waals surface area (Å²) >= 11 is 0. The number of methoxy groups -OCH3 is 1. The SMILES string of the molecule is COC(=O)C(C)(Cc1cc(C)on1)N=C(c1ccccc1)c1ccccc1. The van der Waals surface area contributed by atoms with Crippen LogP contribution in [0.1, 0.15) is 29.5 Å². The van der Waals surface area contributed by atoms with Crippen LogP contribution in [0.3, 0.4) is 0 Å². The van der Waals surface area contributed by atoms with E-state index in [2.05, 4.69) is 5.16 Å². The minimum Gasteiger partial charge on any atom is -0.467 e. The van der Waals surface area contributed by atoms with Crippen LogP contribution >= 0.6 is 0 Å². The van der Waals surface area contributed by atoms with Gasteiger partial charge < -0.3 is 9.26 Å². The Bertz CT molecular complexity index is 891. The Morgan fingerprint density at radius 2 is 1.63 bits per heavy atom. The number of nitrogens with zero attached hydrogens (tertiary/aromatic N) is 2. The molecule has 0 bridgehead atoms. The van der Waals surface area contributed by atoms with Gasteiger partial charge in [0.05, 0.1) is 18.5 Å². The van der Waals surface area contributed by atoms with E-state index in [1.807, 2.05) is 67.6 Å². The Morgan fingerprint density at radius 1 is 1.07 bits per heavy atom. The second kappa shape index (κ2) is 7.99. The van der Waals surface area contributed by atoms with Crippen LogP contribution in [-0.2, 0) is 16.0 Å². The number of esters is 1. The zero-order chi connectivity index (χ0) is 19.3. The second-order valence-electron chi connectivity index (χ2n) is 6.56. The number of aryl methyl sites for hydroxylation is 1. The van der Waals surface area contributed by atoms with Gasteiger partial charge in [-0.25, -0.2) is 4.79 Å². The first-order valence-corrected chi connectivity index (χ1v) is 8.73. The largest absolute Gasteiger partial charge is 0.467 e. The van der Waals surface area contributed by atoms with E-state index in [4.69, 9.17) is 14.3 Å². The summed E-state index contributed by atoms with van der Waals surface area (Å²) in [4.78, 5) is 17.5. The van der Waals surface area contributed by atoms with E-state index in [1.54, 1.807) is 13.0 Å². The fraction of sp³-hybridized carbons (Fsp3) is 0.227. The third-order valence-corrected chi connectivity index (χ3v) is 4.28. The monoisotopic (exact) mass is 362 g/mol. The predicted octanol–water partition coefficient (Wildman–Crippen LogP) is 3.99. The van der Waals surface area contributed by atoms with Crippen LogP contribution in [0, 0.1) is 6.92 Å². The Balaban J connectivity index is 2.12. The highest BCUT2D eigenvalue weighted by molar-refractivity contribution is 6.13. The van der Waals surface area contributed by atoms with Gasteiger partial charge in [-0.3, -0.25) is 4.99 Å². The summed E-state index contributed by atoms with van der Waals surface area (Å²) in [7, 11) is 1.37. The Morgan fingerprint density at radius 3 is 2.07 bits per heavy atom. The molecule has 2 aromatic carbocycles. The minimum absolute atomic E-state index is 0.278. The number of hydrogen-bond acceptors (Lipinski definition) is 5. The van der Waals surface area contributed by atoms with Crippen molar-refractivity contribution in [3.63, 3.8) is 0 Å². The van der Waals surface area contributed by atoms with E-state index in [0.717, 1.165) is 16.8 Å². The Labute approximate surface area is 158 Å². The van der Waals surface area contributed by atoms with Crippen LogP contribution < -0.4 is 0 Å². The van der Waals surface area contributed by atoms with Crippen molar-refractivity contribution >= 4 is 11.7 Å². The topological polar surface area (TPSA) is 64.7 Å². The molecule has 1 heterocycles. The first kappa shape index (κ1) is 18.6. The van der Waals surface area contributed by atoms with Gasteiger partial charge in [-0.15, -0.1) is 0 Å². The van der Waals surface area contributed by atoms with Crippen LogP contribution in [0.4, 0.5) is 0 Å². The van der Waals surface area contributed by atoms with Gasteiger partial charge in [0, 0.05) is 23.6 Å². The van der Waals surface area contributed by atoms with Crippen LogP contribution in [0.15, 0.2) is 76.2 Å². The molecule has 0 amide bonds. The fourth-order valence-electron chi connectivity index (χ4n) is 2.97. The lowest BCUT2D eigenvalue weighted by molar-refractivity contribution is -0.146. The van der Waals surface area contributed by atoms with Crippen molar-refractivity contribution in [1.82, 2.24) is 5.16 Å². The van der Waals surface area contributed by atoms with Gasteiger partial charge in [-0.2, -0.15) is 0 Å². The van der Waals surface area contributed by atoms with Gasteiger partial charge in [0.15, 0.2) is 5.54 Å². The summed E-state index contributed by atoms with van der Waals surface area (Å²) in [5.74, 6) is 0.264. The van der Waals surface area contributed by atoms with E-state index >= 15 is 0 Å². The maximum Gasteiger partial charge on any atom is 0.333 e. The summed E-state index contributed by atoms with van der Waals surface area (Å²) < 4.78 is 10.2. The van der Waals surface area contributed by atoms with Crippen molar-refractivity contribution in [2.45, 2.75) is 25.8 Å². The normalized spacial score (nSPS) is 12.9. The van der Waals surface area contributed by atoms with E-state index in [9.17, 15) is 4.79 Å². The molecule has 0 N–H and O–H groups in total. The molecule has 5 nitrogen and oxygen atoms in total. The summed E-state index contributed by atoms with van der Waals surface area (Å²) in [6.07, 6.45) is 0.278.